The number of pyridine rings is 1. The molecular formula is C21H15N7. The molecule has 0 bridgehead atoms. The van der Waals surface area contributed by atoms with Gasteiger partial charge in [0.1, 0.15) is 17.1 Å². The summed E-state index contributed by atoms with van der Waals surface area (Å²) in [7, 11) is 0. The van der Waals surface area contributed by atoms with Gasteiger partial charge in [-0.15, -0.1) is 10.2 Å². The Kier molecular flexibility index (Phi) is 4.02. The second-order valence-electron chi connectivity index (χ2n) is 6.29. The van der Waals surface area contributed by atoms with Crippen LogP contribution >= 0.6 is 0 Å². The molecule has 7 nitrogen and oxygen atoms in total. The van der Waals surface area contributed by atoms with Crippen molar-refractivity contribution in [3.8, 4) is 22.6 Å². The quantitative estimate of drug-likeness (QED) is 0.524. The van der Waals surface area contributed by atoms with E-state index in [-0.39, 0.29) is 0 Å². The lowest BCUT2D eigenvalue weighted by molar-refractivity contribution is 0.872. The first-order chi connectivity index (χ1) is 13.9. The fourth-order valence-electron chi connectivity index (χ4n) is 3.17. The van der Waals surface area contributed by atoms with Crippen LogP contribution in [0.4, 0.5) is 0 Å². The van der Waals surface area contributed by atoms with E-state index in [9.17, 15) is 0 Å². The predicted molar refractivity (Wildman–Crippen MR) is 105 cm³/mol. The number of aromatic nitrogens is 7. The highest BCUT2D eigenvalue weighted by Crippen LogP contribution is 2.27. The van der Waals surface area contributed by atoms with E-state index in [1.165, 1.54) is 0 Å². The lowest BCUT2D eigenvalue weighted by atomic mass is 10.1. The molecule has 4 aromatic heterocycles. The molecule has 28 heavy (non-hydrogen) atoms. The Morgan fingerprint density at radius 2 is 1.71 bits per heavy atom. The second kappa shape index (κ2) is 6.96. The molecule has 1 aromatic carbocycles. The molecule has 0 fully saturated rings. The molecule has 0 aliphatic rings. The van der Waals surface area contributed by atoms with Gasteiger partial charge in [-0.1, -0.05) is 30.3 Å². The van der Waals surface area contributed by atoms with E-state index in [4.69, 9.17) is 4.98 Å². The maximum atomic E-state index is 4.83. The number of benzene rings is 1. The van der Waals surface area contributed by atoms with Crippen LogP contribution in [0.3, 0.4) is 0 Å². The standard InChI is InChI=1S/C21H15N7/c1-2-4-14(5-3-1)20-21(18-13-23-8-9-24-18)28-27-19(26-20)10-15-11-25-17-12-22-7-6-16(15)17/h1-9,11-13,25H,10H2. The lowest BCUT2D eigenvalue weighted by Crippen LogP contribution is -2.04. The van der Waals surface area contributed by atoms with E-state index in [1.807, 2.05) is 48.8 Å². The number of aromatic amines is 1. The van der Waals surface area contributed by atoms with Crippen LogP contribution in [0.5, 0.6) is 0 Å². The summed E-state index contributed by atoms with van der Waals surface area (Å²) in [4.78, 5) is 20.7. The van der Waals surface area contributed by atoms with Gasteiger partial charge < -0.3 is 4.98 Å². The normalized spacial score (nSPS) is 11.0. The highest BCUT2D eigenvalue weighted by Gasteiger charge is 2.15. The first kappa shape index (κ1) is 16.2. The van der Waals surface area contributed by atoms with Gasteiger partial charge in [-0.05, 0) is 11.6 Å². The Balaban J connectivity index is 1.61. The van der Waals surface area contributed by atoms with Gasteiger partial charge in [0.05, 0.1) is 17.9 Å². The molecule has 0 spiro atoms. The van der Waals surface area contributed by atoms with Crippen LogP contribution in [0.25, 0.3) is 33.5 Å². The van der Waals surface area contributed by atoms with Crippen molar-refractivity contribution in [1.29, 1.82) is 0 Å². The molecule has 0 aliphatic carbocycles. The summed E-state index contributed by atoms with van der Waals surface area (Å²) in [6.45, 7) is 0. The fourth-order valence-corrected chi connectivity index (χ4v) is 3.17. The Morgan fingerprint density at radius 1 is 0.821 bits per heavy atom. The number of hydrogen-bond donors (Lipinski definition) is 1. The van der Waals surface area contributed by atoms with Crippen molar-refractivity contribution in [3.05, 3.63) is 85.0 Å². The zero-order valence-corrected chi connectivity index (χ0v) is 14.8. The van der Waals surface area contributed by atoms with E-state index in [2.05, 4.69) is 30.1 Å². The number of H-pyrrole nitrogens is 1. The number of nitrogens with one attached hydrogen (secondary N) is 1. The molecule has 0 saturated carbocycles. The molecule has 0 radical (unpaired) electrons. The summed E-state index contributed by atoms with van der Waals surface area (Å²) in [5, 5.41) is 9.92. The molecule has 0 aliphatic heterocycles. The minimum Gasteiger partial charge on any atom is -0.360 e. The summed E-state index contributed by atoms with van der Waals surface area (Å²) in [6.07, 6.45) is 11.1. The Labute approximate surface area is 160 Å². The number of rotatable bonds is 4. The average Bonchev–Trinajstić information content (AvgIpc) is 3.18. The largest absolute Gasteiger partial charge is 0.360 e. The van der Waals surface area contributed by atoms with Crippen LogP contribution in [0, 0.1) is 0 Å². The Morgan fingerprint density at radius 3 is 2.57 bits per heavy atom. The first-order valence-corrected chi connectivity index (χ1v) is 8.84. The molecule has 5 aromatic rings. The number of hydrogen-bond acceptors (Lipinski definition) is 6. The van der Waals surface area contributed by atoms with E-state index in [0.717, 1.165) is 27.7 Å². The summed E-state index contributed by atoms with van der Waals surface area (Å²) in [5.41, 5.74) is 5.06. The highest BCUT2D eigenvalue weighted by atomic mass is 15.2. The summed E-state index contributed by atoms with van der Waals surface area (Å²) in [6, 6.07) is 11.9. The van der Waals surface area contributed by atoms with Crippen LogP contribution in [-0.2, 0) is 6.42 Å². The van der Waals surface area contributed by atoms with Crippen LogP contribution in [-0.4, -0.2) is 35.1 Å². The van der Waals surface area contributed by atoms with Crippen molar-refractivity contribution in [2.45, 2.75) is 6.42 Å². The monoisotopic (exact) mass is 365 g/mol. The third-order valence-corrected chi connectivity index (χ3v) is 4.50. The molecular weight excluding hydrogens is 350 g/mol. The van der Waals surface area contributed by atoms with Crippen molar-refractivity contribution in [2.75, 3.05) is 0 Å². The van der Waals surface area contributed by atoms with Gasteiger partial charge in [0, 0.05) is 42.2 Å². The molecule has 0 amide bonds. The van der Waals surface area contributed by atoms with Gasteiger partial charge in [0.15, 0.2) is 5.82 Å². The molecule has 7 heteroatoms. The SMILES string of the molecule is c1ccc(-c2nc(Cc3c[nH]c4cnccc34)nnc2-c2cnccn2)cc1. The third kappa shape index (κ3) is 2.99. The maximum absolute atomic E-state index is 4.83. The van der Waals surface area contributed by atoms with Crippen molar-refractivity contribution >= 4 is 10.9 Å². The van der Waals surface area contributed by atoms with Gasteiger partial charge in [-0.25, -0.2) is 4.98 Å². The van der Waals surface area contributed by atoms with Gasteiger partial charge in [-0.2, -0.15) is 0 Å². The average molecular weight is 365 g/mol. The summed E-state index contributed by atoms with van der Waals surface area (Å²) in [5.74, 6) is 0.643. The lowest BCUT2D eigenvalue weighted by Gasteiger charge is -2.08. The topological polar surface area (TPSA) is 93.1 Å². The Bertz CT molecular complexity index is 1230. The molecule has 0 saturated heterocycles. The molecule has 0 atom stereocenters. The maximum Gasteiger partial charge on any atom is 0.156 e. The van der Waals surface area contributed by atoms with Crippen LogP contribution < -0.4 is 0 Å². The van der Waals surface area contributed by atoms with Crippen LogP contribution in [0.1, 0.15) is 11.4 Å². The third-order valence-electron chi connectivity index (χ3n) is 4.50. The van der Waals surface area contributed by atoms with Crippen molar-refractivity contribution in [3.63, 3.8) is 0 Å². The number of nitrogens with zero attached hydrogens (tertiary/aromatic N) is 6. The first-order valence-electron chi connectivity index (χ1n) is 8.84. The second-order valence-corrected chi connectivity index (χ2v) is 6.29. The van der Waals surface area contributed by atoms with Crippen molar-refractivity contribution in [1.82, 2.24) is 35.1 Å². The smallest absolute Gasteiger partial charge is 0.156 e. The number of fused-ring (bicyclic) bond motifs is 1. The van der Waals surface area contributed by atoms with Gasteiger partial charge in [0.25, 0.3) is 0 Å². The van der Waals surface area contributed by atoms with Crippen LogP contribution in [0.15, 0.2) is 73.6 Å². The van der Waals surface area contributed by atoms with E-state index in [1.54, 1.807) is 24.8 Å². The minimum atomic E-state index is 0.567. The molecule has 0 unspecified atom stereocenters. The van der Waals surface area contributed by atoms with Crippen LogP contribution in [0.2, 0.25) is 0 Å². The van der Waals surface area contributed by atoms with Gasteiger partial charge in [0.2, 0.25) is 0 Å². The predicted octanol–water partition coefficient (Wildman–Crippen LogP) is 3.46. The Hall–Kier alpha value is -4.00. The van der Waals surface area contributed by atoms with E-state index >= 15 is 0 Å². The molecule has 1 N–H and O–H groups in total. The zero-order valence-electron chi connectivity index (χ0n) is 14.8. The van der Waals surface area contributed by atoms with Crippen molar-refractivity contribution in [2.24, 2.45) is 0 Å². The summed E-state index contributed by atoms with van der Waals surface area (Å²) < 4.78 is 0. The molecule has 134 valence electrons. The minimum absolute atomic E-state index is 0.567. The van der Waals surface area contributed by atoms with Crippen molar-refractivity contribution < 1.29 is 0 Å². The molecule has 4 heterocycles. The fraction of sp³-hybridized carbons (Fsp3) is 0.0476. The highest BCUT2D eigenvalue weighted by molar-refractivity contribution is 5.82. The zero-order chi connectivity index (χ0) is 18.8. The van der Waals surface area contributed by atoms with E-state index < -0.39 is 0 Å². The summed E-state index contributed by atoms with van der Waals surface area (Å²) >= 11 is 0. The van der Waals surface area contributed by atoms with E-state index in [0.29, 0.717) is 23.6 Å². The molecule has 5 rings (SSSR count). The van der Waals surface area contributed by atoms with Gasteiger partial charge >= 0.3 is 0 Å². The van der Waals surface area contributed by atoms with Gasteiger partial charge in [-0.3, -0.25) is 15.0 Å².